The first-order valence-corrected chi connectivity index (χ1v) is 8.64. The van der Waals surface area contributed by atoms with Crippen molar-refractivity contribution in [2.24, 2.45) is 0 Å². The van der Waals surface area contributed by atoms with E-state index in [1.165, 1.54) is 18.0 Å². The molecule has 132 valence electrons. The minimum atomic E-state index is -0.537. The molecule has 0 atom stereocenters. The van der Waals surface area contributed by atoms with Crippen LogP contribution in [0.5, 0.6) is 11.5 Å². The van der Waals surface area contributed by atoms with Gasteiger partial charge in [-0.05, 0) is 42.9 Å². The number of nitrogens with zero attached hydrogens (tertiary/aromatic N) is 1. The summed E-state index contributed by atoms with van der Waals surface area (Å²) in [5.74, 6) is 0.0379. The van der Waals surface area contributed by atoms with E-state index in [2.05, 4.69) is 27.8 Å². The molecule has 1 aromatic carbocycles. The Bertz CT molecular complexity index is 776. The van der Waals surface area contributed by atoms with Gasteiger partial charge in [-0.15, -0.1) is 0 Å². The molecule has 1 N–H and O–H groups in total. The van der Waals surface area contributed by atoms with Crippen molar-refractivity contribution in [1.82, 2.24) is 10.2 Å². The molecule has 1 aliphatic rings. The van der Waals surface area contributed by atoms with Crippen LogP contribution >= 0.6 is 28.1 Å². The van der Waals surface area contributed by atoms with Gasteiger partial charge in [0.05, 0.1) is 6.61 Å². The van der Waals surface area contributed by atoms with Gasteiger partial charge in [0, 0.05) is 11.5 Å². The Labute approximate surface area is 159 Å². The van der Waals surface area contributed by atoms with Crippen LogP contribution in [0.3, 0.4) is 0 Å². The number of benzene rings is 1. The first-order valence-electron chi connectivity index (χ1n) is 7.44. The van der Waals surface area contributed by atoms with Crippen LogP contribution in [0, 0.1) is 0 Å². The van der Waals surface area contributed by atoms with Crippen LogP contribution < -0.4 is 14.8 Å². The molecule has 0 radical (unpaired) electrons. The summed E-state index contributed by atoms with van der Waals surface area (Å²) in [6.45, 7) is 6.24. The zero-order valence-corrected chi connectivity index (χ0v) is 16.2. The number of amides is 2. The number of carbonyl (C=O) groups excluding carboxylic acids is 2. The molecule has 1 aliphatic heterocycles. The van der Waals surface area contributed by atoms with Crippen LogP contribution in [-0.4, -0.2) is 42.1 Å². The van der Waals surface area contributed by atoms with Gasteiger partial charge >= 0.3 is 0 Å². The molecule has 2 rings (SSSR count). The Hall–Kier alpha value is -2.19. The molecule has 1 aromatic rings. The summed E-state index contributed by atoms with van der Waals surface area (Å²) in [5.41, 5.74) is 0.591. The number of hydrogen-bond acceptors (Lipinski definition) is 5. The highest BCUT2D eigenvalue weighted by Gasteiger charge is 2.31. The summed E-state index contributed by atoms with van der Waals surface area (Å²) in [5, 5.41) is 2.55. The molecule has 1 saturated heterocycles. The molecule has 2 amide bonds. The van der Waals surface area contributed by atoms with Crippen LogP contribution in [-0.2, 0) is 9.59 Å². The number of nitrogens with one attached hydrogen (secondary N) is 1. The molecular formula is C17H17BrN2O4S. The summed E-state index contributed by atoms with van der Waals surface area (Å²) in [6.07, 6.45) is 3.11. The largest absolute Gasteiger partial charge is 0.490 e. The Morgan fingerprint density at radius 3 is 2.64 bits per heavy atom. The summed E-state index contributed by atoms with van der Waals surface area (Å²) in [4.78, 5) is 25.6. The Morgan fingerprint density at radius 2 is 2.00 bits per heavy atom. The van der Waals surface area contributed by atoms with E-state index >= 15 is 0 Å². The van der Waals surface area contributed by atoms with Crippen LogP contribution in [0.4, 0.5) is 0 Å². The third-order valence-electron chi connectivity index (χ3n) is 3.32. The molecule has 0 aromatic heterocycles. The standard InChI is InChI=1S/C17H17BrN2O4S/c1-4-6-24-14-9-12(18)10(8-13(14)23-5-2)7-11-15(21)19-17(25)20(3)16(11)22/h4,7-9H,1,5-6H2,2-3H3,(H,19,21,25)/b11-7+. The minimum absolute atomic E-state index is 0.0148. The topological polar surface area (TPSA) is 67.9 Å². The van der Waals surface area contributed by atoms with E-state index in [9.17, 15) is 9.59 Å². The predicted molar refractivity (Wildman–Crippen MR) is 102 cm³/mol. The molecule has 1 fully saturated rings. The maximum absolute atomic E-state index is 12.3. The highest BCUT2D eigenvalue weighted by Crippen LogP contribution is 2.35. The van der Waals surface area contributed by atoms with Crippen molar-refractivity contribution >= 4 is 51.2 Å². The molecule has 0 bridgehead atoms. The highest BCUT2D eigenvalue weighted by molar-refractivity contribution is 9.10. The van der Waals surface area contributed by atoms with E-state index < -0.39 is 11.8 Å². The zero-order chi connectivity index (χ0) is 18.6. The summed E-state index contributed by atoms with van der Waals surface area (Å²) < 4.78 is 11.8. The van der Waals surface area contributed by atoms with Crippen molar-refractivity contribution < 1.29 is 19.1 Å². The first kappa shape index (κ1) is 19.1. The average molecular weight is 425 g/mol. The van der Waals surface area contributed by atoms with E-state index in [1.807, 2.05) is 6.92 Å². The number of likely N-dealkylation sites (N-methyl/N-ethyl adjacent to an activating group) is 1. The van der Waals surface area contributed by atoms with Crippen molar-refractivity contribution in [3.63, 3.8) is 0 Å². The van der Waals surface area contributed by atoms with Crippen molar-refractivity contribution in [2.75, 3.05) is 20.3 Å². The number of rotatable bonds is 6. The second-order valence-electron chi connectivity index (χ2n) is 5.03. The van der Waals surface area contributed by atoms with Crippen molar-refractivity contribution in [3.05, 3.63) is 40.4 Å². The summed E-state index contributed by atoms with van der Waals surface area (Å²) in [7, 11) is 1.50. The molecule has 0 saturated carbocycles. The number of thiocarbonyl (C=S) groups is 1. The molecule has 1 heterocycles. The van der Waals surface area contributed by atoms with Gasteiger partial charge in [0.1, 0.15) is 12.2 Å². The van der Waals surface area contributed by atoms with Crippen LogP contribution in [0.1, 0.15) is 12.5 Å². The van der Waals surface area contributed by atoms with Crippen molar-refractivity contribution in [2.45, 2.75) is 6.92 Å². The minimum Gasteiger partial charge on any atom is -0.490 e. The molecular weight excluding hydrogens is 408 g/mol. The fraction of sp³-hybridized carbons (Fsp3) is 0.235. The normalized spacial score (nSPS) is 16.0. The highest BCUT2D eigenvalue weighted by atomic mass is 79.9. The molecule has 25 heavy (non-hydrogen) atoms. The van der Waals surface area contributed by atoms with E-state index in [-0.39, 0.29) is 10.7 Å². The van der Waals surface area contributed by atoms with Gasteiger partial charge in [0.2, 0.25) is 0 Å². The van der Waals surface area contributed by atoms with Crippen LogP contribution in [0.25, 0.3) is 6.08 Å². The lowest BCUT2D eigenvalue weighted by atomic mass is 10.1. The average Bonchev–Trinajstić information content (AvgIpc) is 2.57. The van der Waals surface area contributed by atoms with Gasteiger partial charge in [0.15, 0.2) is 16.6 Å². The number of carbonyl (C=O) groups is 2. The van der Waals surface area contributed by atoms with Gasteiger partial charge in [-0.1, -0.05) is 28.6 Å². The maximum Gasteiger partial charge on any atom is 0.265 e. The Morgan fingerprint density at radius 1 is 1.32 bits per heavy atom. The second kappa shape index (κ2) is 8.26. The van der Waals surface area contributed by atoms with Crippen LogP contribution in [0.15, 0.2) is 34.8 Å². The van der Waals surface area contributed by atoms with Gasteiger partial charge in [-0.2, -0.15) is 0 Å². The molecule has 0 aliphatic carbocycles. The van der Waals surface area contributed by atoms with Gasteiger partial charge < -0.3 is 9.47 Å². The Balaban J connectivity index is 2.46. The van der Waals surface area contributed by atoms with E-state index in [0.717, 1.165) is 0 Å². The van der Waals surface area contributed by atoms with E-state index in [0.29, 0.717) is 34.7 Å². The third kappa shape index (κ3) is 4.26. The third-order valence-corrected chi connectivity index (χ3v) is 4.39. The maximum atomic E-state index is 12.3. The monoisotopic (exact) mass is 424 g/mol. The summed E-state index contributed by atoms with van der Waals surface area (Å²) >= 11 is 8.36. The van der Waals surface area contributed by atoms with Crippen molar-refractivity contribution in [3.8, 4) is 11.5 Å². The van der Waals surface area contributed by atoms with Gasteiger partial charge in [-0.3, -0.25) is 19.8 Å². The SMILES string of the molecule is C=CCOc1cc(Br)c(/C=C2\C(=O)NC(=S)N(C)C2=O)cc1OCC. The quantitative estimate of drug-likeness (QED) is 0.329. The van der Waals surface area contributed by atoms with E-state index in [1.54, 1.807) is 18.2 Å². The molecule has 6 nitrogen and oxygen atoms in total. The lowest BCUT2D eigenvalue weighted by Crippen LogP contribution is -2.52. The molecule has 8 heteroatoms. The first-order chi connectivity index (χ1) is 11.9. The smallest absolute Gasteiger partial charge is 0.265 e. The Kier molecular flexibility index (Phi) is 6.33. The zero-order valence-electron chi connectivity index (χ0n) is 13.8. The van der Waals surface area contributed by atoms with Gasteiger partial charge in [-0.25, -0.2) is 0 Å². The van der Waals surface area contributed by atoms with Gasteiger partial charge in [0.25, 0.3) is 11.8 Å². The number of hydrogen-bond donors (Lipinski definition) is 1. The fourth-order valence-electron chi connectivity index (χ4n) is 2.09. The lowest BCUT2D eigenvalue weighted by Gasteiger charge is -2.25. The van der Waals surface area contributed by atoms with Crippen molar-refractivity contribution in [1.29, 1.82) is 0 Å². The lowest BCUT2D eigenvalue weighted by molar-refractivity contribution is -0.128. The molecule has 0 unspecified atom stereocenters. The number of halogens is 1. The summed E-state index contributed by atoms with van der Waals surface area (Å²) in [6, 6.07) is 3.42. The predicted octanol–water partition coefficient (Wildman–Crippen LogP) is 2.67. The fourth-order valence-corrected chi connectivity index (χ4v) is 2.70. The number of ether oxygens (including phenoxy) is 2. The second-order valence-corrected chi connectivity index (χ2v) is 6.28. The van der Waals surface area contributed by atoms with Crippen LogP contribution in [0.2, 0.25) is 0 Å². The molecule has 0 spiro atoms. The van der Waals surface area contributed by atoms with E-state index in [4.69, 9.17) is 21.7 Å².